The molecule has 0 fully saturated rings. The minimum Gasteiger partial charge on any atom is -0.467 e. The van der Waals surface area contributed by atoms with Crippen LogP contribution in [0.3, 0.4) is 0 Å². The molecule has 130 valence electrons. The summed E-state index contributed by atoms with van der Waals surface area (Å²) in [6.45, 7) is 2.25. The van der Waals surface area contributed by atoms with Gasteiger partial charge in [-0.15, -0.1) is 0 Å². The van der Waals surface area contributed by atoms with Crippen LogP contribution < -0.4 is 0 Å². The fourth-order valence-corrected chi connectivity index (χ4v) is 2.49. The Hall–Kier alpha value is -0.830. The molecule has 0 radical (unpaired) electrons. The van der Waals surface area contributed by atoms with Gasteiger partial charge in [-0.1, -0.05) is 70.4 Å². The van der Waals surface area contributed by atoms with E-state index in [1.807, 2.05) is 0 Å². The largest absolute Gasteiger partial charge is 0.467 e. The zero-order valence-corrected chi connectivity index (χ0v) is 14.7. The van der Waals surface area contributed by atoms with Crippen molar-refractivity contribution < 1.29 is 14.6 Å². The molecule has 0 aromatic carbocycles. The fourth-order valence-electron chi connectivity index (χ4n) is 2.49. The van der Waals surface area contributed by atoms with Gasteiger partial charge in [0.15, 0.2) is 6.10 Å². The van der Waals surface area contributed by atoms with Gasteiger partial charge in [0.05, 0.1) is 7.11 Å². The summed E-state index contributed by atoms with van der Waals surface area (Å²) in [5, 5.41) is 9.42. The Morgan fingerprint density at radius 1 is 0.909 bits per heavy atom. The second-order valence-corrected chi connectivity index (χ2v) is 6.06. The molecule has 0 aromatic rings. The highest BCUT2D eigenvalue weighted by Crippen LogP contribution is 2.10. The van der Waals surface area contributed by atoms with E-state index < -0.39 is 12.1 Å². The molecule has 0 amide bonds. The maximum Gasteiger partial charge on any atom is 0.334 e. The highest BCUT2D eigenvalue weighted by Gasteiger charge is 2.13. The van der Waals surface area contributed by atoms with E-state index in [2.05, 4.69) is 23.8 Å². The third-order valence-electron chi connectivity index (χ3n) is 3.96. The van der Waals surface area contributed by atoms with Crippen molar-refractivity contribution >= 4 is 5.97 Å². The van der Waals surface area contributed by atoms with Crippen molar-refractivity contribution in [1.82, 2.24) is 0 Å². The monoisotopic (exact) mass is 312 g/mol. The molecule has 0 rings (SSSR count). The molecule has 0 spiro atoms. The molecule has 0 saturated heterocycles. The summed E-state index contributed by atoms with van der Waals surface area (Å²) in [7, 11) is 1.31. The smallest absolute Gasteiger partial charge is 0.334 e. The lowest BCUT2D eigenvalue weighted by molar-refractivity contribution is -0.150. The standard InChI is InChI=1S/C19H36O3/c1-3-4-5-6-7-8-9-10-11-12-13-14-15-16-17-18(20)19(21)22-2/h10-11,18,20H,3-9,12-17H2,1-2H3/t18-/m1/s1. The van der Waals surface area contributed by atoms with Gasteiger partial charge in [0.2, 0.25) is 0 Å². The van der Waals surface area contributed by atoms with Crippen molar-refractivity contribution in [3.63, 3.8) is 0 Å². The van der Waals surface area contributed by atoms with E-state index in [1.165, 1.54) is 58.5 Å². The van der Waals surface area contributed by atoms with E-state index >= 15 is 0 Å². The quantitative estimate of drug-likeness (QED) is 0.258. The van der Waals surface area contributed by atoms with E-state index in [1.54, 1.807) is 0 Å². The summed E-state index contributed by atoms with van der Waals surface area (Å²) in [4.78, 5) is 11.0. The molecule has 0 unspecified atom stereocenters. The number of aliphatic hydroxyl groups excluding tert-OH is 1. The molecule has 1 atom stereocenters. The van der Waals surface area contributed by atoms with E-state index in [-0.39, 0.29) is 0 Å². The zero-order chi connectivity index (χ0) is 16.5. The Balaban J connectivity index is 3.22. The molecule has 0 aliphatic carbocycles. The number of ether oxygens (including phenoxy) is 1. The van der Waals surface area contributed by atoms with E-state index in [0.717, 1.165) is 25.7 Å². The second-order valence-electron chi connectivity index (χ2n) is 6.06. The van der Waals surface area contributed by atoms with Crippen LogP contribution in [-0.2, 0) is 9.53 Å². The summed E-state index contributed by atoms with van der Waals surface area (Å²) in [5.74, 6) is -0.516. The van der Waals surface area contributed by atoms with Gasteiger partial charge in [-0.3, -0.25) is 0 Å². The van der Waals surface area contributed by atoms with E-state index in [9.17, 15) is 9.90 Å². The predicted molar refractivity (Wildman–Crippen MR) is 92.9 cm³/mol. The Kier molecular flexibility index (Phi) is 15.9. The molecule has 22 heavy (non-hydrogen) atoms. The van der Waals surface area contributed by atoms with Crippen molar-refractivity contribution in [2.45, 2.75) is 96.5 Å². The number of hydrogen-bond acceptors (Lipinski definition) is 3. The maximum absolute atomic E-state index is 11.0. The Morgan fingerprint density at radius 3 is 1.95 bits per heavy atom. The van der Waals surface area contributed by atoms with Gasteiger partial charge in [-0.2, -0.15) is 0 Å². The number of methoxy groups -OCH3 is 1. The molecular weight excluding hydrogens is 276 g/mol. The number of hydrogen-bond donors (Lipinski definition) is 1. The van der Waals surface area contributed by atoms with Gasteiger partial charge in [0.25, 0.3) is 0 Å². The number of unbranched alkanes of at least 4 members (excludes halogenated alkanes) is 10. The third-order valence-corrected chi connectivity index (χ3v) is 3.96. The summed E-state index contributed by atoms with van der Waals surface area (Å²) >= 11 is 0. The van der Waals surface area contributed by atoms with Gasteiger partial charge in [0, 0.05) is 0 Å². The van der Waals surface area contributed by atoms with Gasteiger partial charge < -0.3 is 9.84 Å². The summed E-state index contributed by atoms with van der Waals surface area (Å²) in [6.07, 6.45) is 19.1. The molecule has 0 saturated carbocycles. The average Bonchev–Trinajstić information content (AvgIpc) is 2.54. The minimum atomic E-state index is -0.942. The topological polar surface area (TPSA) is 46.5 Å². The highest BCUT2D eigenvalue weighted by molar-refractivity contribution is 5.74. The number of allylic oxidation sites excluding steroid dienone is 2. The molecule has 1 N–H and O–H groups in total. The van der Waals surface area contributed by atoms with E-state index in [0.29, 0.717) is 6.42 Å². The predicted octanol–water partition coefficient (Wildman–Crippen LogP) is 5.17. The molecule has 0 aliphatic rings. The Morgan fingerprint density at radius 2 is 1.41 bits per heavy atom. The lowest BCUT2D eigenvalue weighted by Gasteiger charge is -2.07. The molecule has 3 nitrogen and oxygen atoms in total. The molecule has 0 bridgehead atoms. The average molecular weight is 312 g/mol. The minimum absolute atomic E-state index is 0.514. The Labute approximate surface area is 137 Å². The third kappa shape index (κ3) is 14.1. The normalized spacial score (nSPS) is 12.7. The lowest BCUT2D eigenvalue weighted by Crippen LogP contribution is -2.21. The molecule has 0 heterocycles. The first-order valence-corrected chi connectivity index (χ1v) is 9.13. The van der Waals surface area contributed by atoms with Crippen molar-refractivity contribution in [2.75, 3.05) is 7.11 Å². The number of carbonyl (C=O) groups excluding carboxylic acids is 1. The summed E-state index contributed by atoms with van der Waals surface area (Å²) < 4.78 is 4.48. The van der Waals surface area contributed by atoms with Gasteiger partial charge in [0.1, 0.15) is 0 Å². The first-order valence-electron chi connectivity index (χ1n) is 9.13. The van der Waals surface area contributed by atoms with Crippen LogP contribution in [0.25, 0.3) is 0 Å². The molecule has 0 aliphatic heterocycles. The van der Waals surface area contributed by atoms with Gasteiger partial charge >= 0.3 is 5.97 Å². The number of esters is 1. The van der Waals surface area contributed by atoms with Crippen LogP contribution in [0.4, 0.5) is 0 Å². The number of carbonyl (C=O) groups is 1. The van der Waals surface area contributed by atoms with Crippen LogP contribution >= 0.6 is 0 Å². The van der Waals surface area contributed by atoms with Crippen molar-refractivity contribution in [3.8, 4) is 0 Å². The second kappa shape index (κ2) is 16.5. The maximum atomic E-state index is 11.0. The number of aliphatic hydroxyl groups is 1. The van der Waals surface area contributed by atoms with Crippen molar-refractivity contribution in [3.05, 3.63) is 12.2 Å². The molecule has 0 aromatic heterocycles. The van der Waals surface area contributed by atoms with Crippen LogP contribution in [0.2, 0.25) is 0 Å². The SMILES string of the molecule is CCCCCCCCC=CCCCCCC[C@@H](O)C(=O)OC. The first-order chi connectivity index (χ1) is 10.7. The highest BCUT2D eigenvalue weighted by atomic mass is 16.5. The fraction of sp³-hybridized carbons (Fsp3) is 0.842. The van der Waals surface area contributed by atoms with Gasteiger partial charge in [-0.05, 0) is 32.1 Å². The van der Waals surface area contributed by atoms with E-state index in [4.69, 9.17) is 0 Å². The van der Waals surface area contributed by atoms with Crippen LogP contribution in [0.5, 0.6) is 0 Å². The molecule has 3 heteroatoms. The zero-order valence-electron chi connectivity index (χ0n) is 14.7. The van der Waals surface area contributed by atoms with Crippen LogP contribution in [0.15, 0.2) is 12.2 Å². The van der Waals surface area contributed by atoms with Crippen LogP contribution in [-0.4, -0.2) is 24.3 Å². The van der Waals surface area contributed by atoms with Crippen LogP contribution in [0.1, 0.15) is 90.4 Å². The van der Waals surface area contributed by atoms with Crippen molar-refractivity contribution in [2.24, 2.45) is 0 Å². The lowest BCUT2D eigenvalue weighted by atomic mass is 10.1. The van der Waals surface area contributed by atoms with Gasteiger partial charge in [-0.25, -0.2) is 4.79 Å². The summed E-state index contributed by atoms with van der Waals surface area (Å²) in [6, 6.07) is 0. The van der Waals surface area contributed by atoms with Crippen LogP contribution in [0, 0.1) is 0 Å². The first kappa shape index (κ1) is 21.2. The number of rotatable bonds is 15. The molecular formula is C19H36O3. The summed E-state index contributed by atoms with van der Waals surface area (Å²) in [5.41, 5.74) is 0. The van der Waals surface area contributed by atoms with Crippen molar-refractivity contribution in [1.29, 1.82) is 0 Å². The Bertz CT molecular complexity index is 274.